The first kappa shape index (κ1) is 16.0. The van der Waals surface area contributed by atoms with E-state index in [-0.39, 0.29) is 18.9 Å². The van der Waals surface area contributed by atoms with Crippen LogP contribution in [0.4, 0.5) is 8.78 Å². The lowest BCUT2D eigenvalue weighted by Gasteiger charge is -2.07. The SMILES string of the molecule is COCCNC(=O)CCNC(=O)c1ccnc(F)c1F. The van der Waals surface area contributed by atoms with Gasteiger partial charge in [-0.15, -0.1) is 0 Å². The molecule has 110 valence electrons. The Morgan fingerprint density at radius 1 is 1.30 bits per heavy atom. The predicted molar refractivity (Wildman–Crippen MR) is 66.0 cm³/mol. The van der Waals surface area contributed by atoms with Gasteiger partial charge in [-0.05, 0) is 6.07 Å². The van der Waals surface area contributed by atoms with E-state index in [1.165, 1.54) is 7.11 Å². The number of hydrogen-bond acceptors (Lipinski definition) is 4. The average Bonchev–Trinajstić information content (AvgIpc) is 2.42. The first-order valence-electron chi connectivity index (χ1n) is 5.90. The molecule has 0 fully saturated rings. The third-order valence-electron chi connectivity index (χ3n) is 2.36. The third-order valence-corrected chi connectivity index (χ3v) is 2.36. The second-order valence-electron chi connectivity index (χ2n) is 3.81. The zero-order valence-corrected chi connectivity index (χ0v) is 10.9. The van der Waals surface area contributed by atoms with Crippen molar-refractivity contribution in [2.24, 2.45) is 0 Å². The molecule has 20 heavy (non-hydrogen) atoms. The topological polar surface area (TPSA) is 80.3 Å². The largest absolute Gasteiger partial charge is 0.383 e. The number of rotatable bonds is 7. The molecular formula is C12H15F2N3O3. The number of nitrogens with one attached hydrogen (secondary N) is 2. The highest BCUT2D eigenvalue weighted by Gasteiger charge is 2.15. The summed E-state index contributed by atoms with van der Waals surface area (Å²) >= 11 is 0. The Balaban J connectivity index is 2.37. The van der Waals surface area contributed by atoms with Gasteiger partial charge in [-0.3, -0.25) is 9.59 Å². The van der Waals surface area contributed by atoms with Gasteiger partial charge in [0.2, 0.25) is 11.9 Å². The highest BCUT2D eigenvalue weighted by molar-refractivity contribution is 5.94. The van der Waals surface area contributed by atoms with Crippen LogP contribution in [0.15, 0.2) is 12.3 Å². The highest BCUT2D eigenvalue weighted by Crippen LogP contribution is 2.08. The summed E-state index contributed by atoms with van der Waals surface area (Å²) in [7, 11) is 1.51. The molecule has 1 aromatic rings. The van der Waals surface area contributed by atoms with Crippen molar-refractivity contribution in [1.82, 2.24) is 15.6 Å². The molecule has 0 aliphatic rings. The summed E-state index contributed by atoms with van der Waals surface area (Å²) in [6.45, 7) is 0.772. The molecule has 0 unspecified atom stereocenters. The molecule has 8 heteroatoms. The first-order chi connectivity index (χ1) is 9.56. The molecule has 2 N–H and O–H groups in total. The van der Waals surface area contributed by atoms with Gasteiger partial charge in [0.15, 0.2) is 5.82 Å². The molecule has 0 spiro atoms. The van der Waals surface area contributed by atoms with Crippen LogP contribution in [0.2, 0.25) is 0 Å². The van der Waals surface area contributed by atoms with Crippen LogP contribution in [-0.2, 0) is 9.53 Å². The Morgan fingerprint density at radius 2 is 2.05 bits per heavy atom. The van der Waals surface area contributed by atoms with Crippen molar-refractivity contribution in [2.45, 2.75) is 6.42 Å². The summed E-state index contributed by atoms with van der Waals surface area (Å²) in [6, 6.07) is 1.06. The van der Waals surface area contributed by atoms with E-state index in [1.54, 1.807) is 0 Å². The number of amides is 2. The summed E-state index contributed by atoms with van der Waals surface area (Å²) in [5.74, 6) is -3.72. The van der Waals surface area contributed by atoms with Crippen molar-refractivity contribution in [3.05, 3.63) is 29.6 Å². The molecule has 0 atom stereocenters. The van der Waals surface area contributed by atoms with Gasteiger partial charge in [0.1, 0.15) is 0 Å². The normalized spacial score (nSPS) is 10.2. The number of ether oxygens (including phenoxy) is 1. The Bertz CT molecular complexity index is 483. The Kier molecular flexibility index (Phi) is 6.51. The number of hydrogen-bond donors (Lipinski definition) is 2. The van der Waals surface area contributed by atoms with Gasteiger partial charge in [-0.25, -0.2) is 9.37 Å². The highest BCUT2D eigenvalue weighted by atomic mass is 19.2. The Labute approximate surface area is 114 Å². The molecule has 0 aromatic carbocycles. The van der Waals surface area contributed by atoms with E-state index in [0.717, 1.165) is 12.3 Å². The van der Waals surface area contributed by atoms with Crippen LogP contribution in [-0.4, -0.2) is 43.6 Å². The van der Waals surface area contributed by atoms with Gasteiger partial charge in [0.05, 0.1) is 12.2 Å². The Hall–Kier alpha value is -2.09. The number of methoxy groups -OCH3 is 1. The molecule has 0 bridgehead atoms. The second kappa shape index (κ2) is 8.16. The lowest BCUT2D eigenvalue weighted by Crippen LogP contribution is -2.32. The number of carbonyl (C=O) groups excluding carboxylic acids is 2. The van der Waals surface area contributed by atoms with Crippen LogP contribution in [0.3, 0.4) is 0 Å². The van der Waals surface area contributed by atoms with E-state index in [2.05, 4.69) is 15.6 Å². The maximum atomic E-state index is 13.3. The second-order valence-corrected chi connectivity index (χ2v) is 3.81. The fraction of sp³-hybridized carbons (Fsp3) is 0.417. The molecule has 1 rings (SSSR count). The zero-order valence-electron chi connectivity index (χ0n) is 10.9. The van der Waals surface area contributed by atoms with Gasteiger partial charge < -0.3 is 15.4 Å². The van der Waals surface area contributed by atoms with E-state index in [1.807, 2.05) is 0 Å². The van der Waals surface area contributed by atoms with Crippen molar-refractivity contribution in [3.63, 3.8) is 0 Å². The fourth-order valence-electron chi connectivity index (χ4n) is 1.36. The maximum Gasteiger partial charge on any atom is 0.254 e. The van der Waals surface area contributed by atoms with Gasteiger partial charge in [-0.2, -0.15) is 4.39 Å². The lowest BCUT2D eigenvalue weighted by atomic mass is 10.2. The third kappa shape index (κ3) is 4.88. The van der Waals surface area contributed by atoms with E-state index in [0.29, 0.717) is 13.2 Å². The molecule has 0 saturated heterocycles. The molecule has 0 aliphatic heterocycles. The molecular weight excluding hydrogens is 272 g/mol. The van der Waals surface area contributed by atoms with Crippen LogP contribution in [0, 0.1) is 11.8 Å². The monoisotopic (exact) mass is 287 g/mol. The summed E-state index contributed by atoms with van der Waals surface area (Å²) in [5, 5.41) is 4.88. The number of carbonyl (C=O) groups is 2. The molecule has 0 aliphatic carbocycles. The minimum Gasteiger partial charge on any atom is -0.383 e. The van der Waals surface area contributed by atoms with Crippen LogP contribution in [0.5, 0.6) is 0 Å². The van der Waals surface area contributed by atoms with Crippen molar-refractivity contribution in [1.29, 1.82) is 0 Å². The minimum absolute atomic E-state index is 0.0149. The van der Waals surface area contributed by atoms with Gasteiger partial charge >= 0.3 is 0 Å². The summed E-state index contributed by atoms with van der Waals surface area (Å²) in [6.07, 6.45) is 1.02. The van der Waals surface area contributed by atoms with Gasteiger partial charge in [-0.1, -0.05) is 0 Å². The molecule has 0 radical (unpaired) electrons. The number of nitrogens with zero attached hydrogens (tertiary/aromatic N) is 1. The van der Waals surface area contributed by atoms with E-state index < -0.39 is 23.2 Å². The Morgan fingerprint density at radius 3 is 2.75 bits per heavy atom. The summed E-state index contributed by atoms with van der Waals surface area (Å²) in [4.78, 5) is 25.9. The smallest absolute Gasteiger partial charge is 0.254 e. The van der Waals surface area contributed by atoms with Crippen LogP contribution in [0.25, 0.3) is 0 Å². The van der Waals surface area contributed by atoms with Crippen LogP contribution in [0.1, 0.15) is 16.8 Å². The van der Waals surface area contributed by atoms with Crippen molar-refractivity contribution in [2.75, 3.05) is 26.8 Å². The van der Waals surface area contributed by atoms with E-state index in [9.17, 15) is 18.4 Å². The molecule has 6 nitrogen and oxygen atoms in total. The van der Waals surface area contributed by atoms with Gasteiger partial charge in [0, 0.05) is 32.8 Å². The maximum absolute atomic E-state index is 13.3. The minimum atomic E-state index is -1.34. The molecule has 0 saturated carbocycles. The quantitative estimate of drug-likeness (QED) is 0.556. The molecule has 1 heterocycles. The summed E-state index contributed by atoms with van der Waals surface area (Å²) < 4.78 is 30.8. The van der Waals surface area contributed by atoms with Crippen LogP contribution < -0.4 is 10.6 Å². The van der Waals surface area contributed by atoms with E-state index >= 15 is 0 Å². The number of aromatic nitrogens is 1. The average molecular weight is 287 g/mol. The van der Waals surface area contributed by atoms with Gasteiger partial charge in [0.25, 0.3) is 5.91 Å². The van der Waals surface area contributed by atoms with Crippen molar-refractivity contribution >= 4 is 11.8 Å². The van der Waals surface area contributed by atoms with Crippen molar-refractivity contribution < 1.29 is 23.1 Å². The zero-order chi connectivity index (χ0) is 15.0. The predicted octanol–water partition coefficient (Wildman–Crippen LogP) is 0.242. The number of halogens is 2. The standard InChI is InChI=1S/C12H15F2N3O3/c1-20-7-6-15-9(18)3-5-17-12(19)8-2-4-16-11(14)10(8)13/h2,4H,3,5-7H2,1H3,(H,15,18)(H,17,19). The first-order valence-corrected chi connectivity index (χ1v) is 5.90. The summed E-state index contributed by atoms with van der Waals surface area (Å²) in [5.41, 5.74) is -0.447. The molecule has 1 aromatic heterocycles. The number of pyridine rings is 1. The van der Waals surface area contributed by atoms with Crippen LogP contribution >= 0.6 is 0 Å². The van der Waals surface area contributed by atoms with Crippen molar-refractivity contribution in [3.8, 4) is 0 Å². The lowest BCUT2D eigenvalue weighted by molar-refractivity contribution is -0.121. The van der Waals surface area contributed by atoms with E-state index in [4.69, 9.17) is 4.74 Å². The fourth-order valence-corrected chi connectivity index (χ4v) is 1.36. The molecule has 2 amide bonds.